The third-order valence-corrected chi connectivity index (χ3v) is 4.54. The first-order chi connectivity index (χ1) is 11.5. The van der Waals surface area contributed by atoms with Gasteiger partial charge in [-0.05, 0) is 38.0 Å². The van der Waals surface area contributed by atoms with Crippen LogP contribution in [0.2, 0.25) is 0 Å². The lowest BCUT2D eigenvalue weighted by molar-refractivity contribution is 0.0636. The summed E-state index contributed by atoms with van der Waals surface area (Å²) in [5.41, 5.74) is 2.46. The summed E-state index contributed by atoms with van der Waals surface area (Å²) in [6.45, 7) is 9.19. The topological polar surface area (TPSA) is 56.2 Å². The molecule has 0 amide bonds. The minimum atomic E-state index is 0.172. The minimum Gasteiger partial charge on any atom is -0.504 e. The molecule has 1 aromatic carbocycles. The zero-order valence-electron chi connectivity index (χ0n) is 15.0. The number of phenols is 1. The summed E-state index contributed by atoms with van der Waals surface area (Å²) in [7, 11) is 1.57. The van der Waals surface area contributed by atoms with E-state index in [0.29, 0.717) is 11.8 Å². The number of aromatic hydroxyl groups is 1. The molecule has 2 N–H and O–H groups in total. The Labute approximate surface area is 145 Å². The fourth-order valence-corrected chi connectivity index (χ4v) is 3.14. The van der Waals surface area contributed by atoms with Gasteiger partial charge in [-0.25, -0.2) is 0 Å². The van der Waals surface area contributed by atoms with Gasteiger partial charge in [0.25, 0.3) is 0 Å². The van der Waals surface area contributed by atoms with Gasteiger partial charge in [0.05, 0.1) is 7.11 Å². The smallest absolute Gasteiger partial charge is 0.160 e. The molecule has 0 saturated carbocycles. The second-order valence-electron chi connectivity index (χ2n) is 6.68. The normalized spacial score (nSPS) is 19.2. The van der Waals surface area contributed by atoms with Crippen LogP contribution in [0.5, 0.6) is 11.5 Å². The molecular formula is C19H30N2O3. The maximum Gasteiger partial charge on any atom is 0.160 e. The molecular weight excluding hydrogens is 304 g/mol. The number of aliphatic hydroxyl groups excluding tert-OH is 1. The summed E-state index contributed by atoms with van der Waals surface area (Å²) < 4.78 is 5.19. The number of benzene rings is 1. The third kappa shape index (κ3) is 5.23. The van der Waals surface area contributed by atoms with Crippen molar-refractivity contribution in [2.75, 3.05) is 39.9 Å². The molecule has 5 heteroatoms. The molecule has 1 aliphatic rings. The van der Waals surface area contributed by atoms with E-state index in [9.17, 15) is 10.2 Å². The Balaban J connectivity index is 1.99. The Kier molecular flexibility index (Phi) is 7.09. The standard InChI is InChI=1S/C19H30N2O3/c1-15(2)6-8-21-10-9-20(14-17(21)7-11-22)13-16-4-5-18(23)19(12-16)24-3/h4-6,12,17,22-23H,7-11,13-14H2,1-3H3. The van der Waals surface area contributed by atoms with Crippen molar-refractivity contribution in [2.24, 2.45) is 0 Å². The van der Waals surface area contributed by atoms with Gasteiger partial charge in [-0.3, -0.25) is 9.80 Å². The molecule has 1 unspecified atom stereocenters. The molecule has 1 aliphatic heterocycles. The summed E-state index contributed by atoms with van der Waals surface area (Å²) >= 11 is 0. The Hall–Kier alpha value is -1.56. The zero-order valence-corrected chi connectivity index (χ0v) is 15.0. The third-order valence-electron chi connectivity index (χ3n) is 4.54. The van der Waals surface area contributed by atoms with Crippen LogP contribution in [-0.4, -0.2) is 66.0 Å². The van der Waals surface area contributed by atoms with Gasteiger partial charge in [-0.1, -0.05) is 17.7 Å². The van der Waals surface area contributed by atoms with Crippen LogP contribution in [0.25, 0.3) is 0 Å². The second kappa shape index (κ2) is 9.06. The molecule has 0 bridgehead atoms. The van der Waals surface area contributed by atoms with Crippen LogP contribution < -0.4 is 4.74 Å². The molecule has 1 fully saturated rings. The molecule has 1 heterocycles. The molecule has 134 valence electrons. The molecule has 0 spiro atoms. The Morgan fingerprint density at radius 2 is 2.12 bits per heavy atom. The van der Waals surface area contributed by atoms with E-state index < -0.39 is 0 Å². The maximum atomic E-state index is 9.71. The van der Waals surface area contributed by atoms with Crippen LogP contribution in [0.15, 0.2) is 29.8 Å². The number of allylic oxidation sites excluding steroid dienone is 1. The Bertz CT molecular complexity index is 556. The summed E-state index contributed by atoms with van der Waals surface area (Å²) in [5.74, 6) is 0.688. The molecule has 0 aliphatic carbocycles. The number of hydrogen-bond donors (Lipinski definition) is 2. The second-order valence-corrected chi connectivity index (χ2v) is 6.68. The molecule has 0 radical (unpaired) electrons. The number of rotatable bonds is 7. The van der Waals surface area contributed by atoms with Crippen LogP contribution in [0.3, 0.4) is 0 Å². The van der Waals surface area contributed by atoms with Gasteiger partial charge in [0, 0.05) is 45.4 Å². The van der Waals surface area contributed by atoms with Crippen molar-refractivity contribution in [1.29, 1.82) is 0 Å². The first-order valence-electron chi connectivity index (χ1n) is 8.60. The molecule has 24 heavy (non-hydrogen) atoms. The lowest BCUT2D eigenvalue weighted by atomic mass is 10.1. The average Bonchev–Trinajstić information content (AvgIpc) is 2.56. The van der Waals surface area contributed by atoms with E-state index in [-0.39, 0.29) is 12.4 Å². The molecule has 1 saturated heterocycles. The molecule has 1 aromatic rings. The van der Waals surface area contributed by atoms with E-state index >= 15 is 0 Å². The van der Waals surface area contributed by atoms with Crippen molar-refractivity contribution in [1.82, 2.24) is 9.80 Å². The van der Waals surface area contributed by atoms with E-state index in [1.165, 1.54) is 5.57 Å². The predicted molar refractivity (Wildman–Crippen MR) is 96.4 cm³/mol. The fourth-order valence-electron chi connectivity index (χ4n) is 3.14. The lowest BCUT2D eigenvalue weighted by Gasteiger charge is -2.41. The van der Waals surface area contributed by atoms with Gasteiger partial charge in [-0.2, -0.15) is 0 Å². The van der Waals surface area contributed by atoms with Crippen LogP contribution in [0.4, 0.5) is 0 Å². The van der Waals surface area contributed by atoms with Crippen LogP contribution in [0, 0.1) is 0 Å². The van der Waals surface area contributed by atoms with Crippen molar-refractivity contribution in [3.8, 4) is 11.5 Å². The number of methoxy groups -OCH3 is 1. The first-order valence-corrected chi connectivity index (χ1v) is 8.60. The van der Waals surface area contributed by atoms with Crippen molar-refractivity contribution < 1.29 is 14.9 Å². The molecule has 5 nitrogen and oxygen atoms in total. The van der Waals surface area contributed by atoms with Crippen LogP contribution in [-0.2, 0) is 6.54 Å². The number of ether oxygens (including phenoxy) is 1. The zero-order chi connectivity index (χ0) is 17.5. The first kappa shape index (κ1) is 18.8. The van der Waals surface area contributed by atoms with Crippen molar-refractivity contribution in [2.45, 2.75) is 32.9 Å². The van der Waals surface area contributed by atoms with E-state index in [1.54, 1.807) is 13.2 Å². The van der Waals surface area contributed by atoms with Crippen molar-refractivity contribution >= 4 is 0 Å². The summed E-state index contributed by atoms with van der Waals surface area (Å²) in [5, 5.41) is 19.1. The van der Waals surface area contributed by atoms with E-state index in [1.807, 2.05) is 12.1 Å². The van der Waals surface area contributed by atoms with Gasteiger partial charge in [0.1, 0.15) is 0 Å². The van der Waals surface area contributed by atoms with Crippen molar-refractivity contribution in [3.63, 3.8) is 0 Å². The highest BCUT2D eigenvalue weighted by molar-refractivity contribution is 5.41. The number of hydrogen-bond acceptors (Lipinski definition) is 5. The summed E-state index contributed by atoms with van der Waals surface area (Å²) in [4.78, 5) is 4.86. The van der Waals surface area contributed by atoms with Crippen LogP contribution >= 0.6 is 0 Å². The SMILES string of the molecule is COc1cc(CN2CCN(CC=C(C)C)C(CCO)C2)ccc1O. The summed E-state index contributed by atoms with van der Waals surface area (Å²) in [6.07, 6.45) is 3.05. The van der Waals surface area contributed by atoms with Gasteiger partial charge in [-0.15, -0.1) is 0 Å². The monoisotopic (exact) mass is 334 g/mol. The minimum absolute atomic E-state index is 0.172. The maximum absolute atomic E-state index is 9.71. The van der Waals surface area contributed by atoms with E-state index in [0.717, 1.165) is 44.7 Å². The quantitative estimate of drug-likeness (QED) is 0.749. The number of nitrogens with zero attached hydrogens (tertiary/aromatic N) is 2. The van der Waals surface area contributed by atoms with E-state index in [2.05, 4.69) is 29.7 Å². The Morgan fingerprint density at radius 1 is 1.33 bits per heavy atom. The number of piperazine rings is 1. The summed E-state index contributed by atoms with van der Waals surface area (Å²) in [6, 6.07) is 5.89. The molecule has 0 aromatic heterocycles. The average molecular weight is 334 g/mol. The fraction of sp³-hybridized carbons (Fsp3) is 0.579. The largest absolute Gasteiger partial charge is 0.504 e. The van der Waals surface area contributed by atoms with Crippen LogP contribution in [0.1, 0.15) is 25.8 Å². The lowest BCUT2D eigenvalue weighted by Crippen LogP contribution is -2.53. The van der Waals surface area contributed by atoms with Gasteiger partial charge < -0.3 is 14.9 Å². The van der Waals surface area contributed by atoms with E-state index in [4.69, 9.17) is 4.74 Å². The number of phenolic OH excluding ortho intramolecular Hbond substituents is 1. The van der Waals surface area contributed by atoms with Gasteiger partial charge in [0.2, 0.25) is 0 Å². The van der Waals surface area contributed by atoms with Gasteiger partial charge in [0.15, 0.2) is 11.5 Å². The highest BCUT2D eigenvalue weighted by Crippen LogP contribution is 2.27. The van der Waals surface area contributed by atoms with Gasteiger partial charge >= 0.3 is 0 Å². The highest BCUT2D eigenvalue weighted by atomic mass is 16.5. The Morgan fingerprint density at radius 3 is 2.79 bits per heavy atom. The highest BCUT2D eigenvalue weighted by Gasteiger charge is 2.26. The predicted octanol–water partition coefficient (Wildman–Crippen LogP) is 2.24. The number of aliphatic hydroxyl groups is 1. The molecule has 1 atom stereocenters. The van der Waals surface area contributed by atoms with Crippen molar-refractivity contribution in [3.05, 3.63) is 35.4 Å². The molecule has 2 rings (SSSR count).